The molecule has 0 saturated carbocycles. The van der Waals surface area contributed by atoms with Gasteiger partial charge in [0.1, 0.15) is 5.54 Å². The number of carbonyl (C=O) groups is 2. The van der Waals surface area contributed by atoms with E-state index in [2.05, 4.69) is 10.3 Å². The van der Waals surface area contributed by atoms with Crippen LogP contribution in [0.3, 0.4) is 0 Å². The topological polar surface area (TPSA) is 79.3 Å². The Hall–Kier alpha value is -1.63. The molecule has 7 heteroatoms. The second-order valence-corrected chi connectivity index (χ2v) is 5.09. The zero-order chi connectivity index (χ0) is 13.2. The van der Waals surface area contributed by atoms with E-state index >= 15 is 0 Å². The Morgan fingerprint density at radius 2 is 2.33 bits per heavy atom. The molecule has 1 atom stereocenters. The molecular formula is C11H11FN2O3S. The first-order valence-corrected chi connectivity index (χ1v) is 6.45. The number of aromatic nitrogens is 1. The van der Waals surface area contributed by atoms with Crippen molar-refractivity contribution in [3.05, 3.63) is 29.8 Å². The number of carboxylic acid groups (broad SMARTS) is 1. The first-order valence-electron chi connectivity index (χ1n) is 5.29. The molecule has 1 aliphatic rings. The van der Waals surface area contributed by atoms with Crippen molar-refractivity contribution in [3.8, 4) is 0 Å². The lowest BCUT2D eigenvalue weighted by Crippen LogP contribution is -2.54. The molecule has 0 aliphatic carbocycles. The molecule has 18 heavy (non-hydrogen) atoms. The molecule has 1 aromatic rings. The molecule has 2 heterocycles. The molecule has 5 nitrogen and oxygen atoms in total. The number of carboxylic acids is 1. The summed E-state index contributed by atoms with van der Waals surface area (Å²) in [4.78, 5) is 26.5. The largest absolute Gasteiger partial charge is 0.479 e. The number of carbonyl (C=O) groups excluding carboxylic acids is 1. The van der Waals surface area contributed by atoms with E-state index in [0.29, 0.717) is 12.2 Å². The van der Waals surface area contributed by atoms with Crippen LogP contribution in [0.5, 0.6) is 0 Å². The van der Waals surface area contributed by atoms with Gasteiger partial charge in [0.2, 0.25) is 5.95 Å². The molecular weight excluding hydrogens is 259 g/mol. The summed E-state index contributed by atoms with van der Waals surface area (Å²) in [5, 5.41) is 11.6. The molecule has 1 aromatic heterocycles. The minimum Gasteiger partial charge on any atom is -0.479 e. The average Bonchev–Trinajstić information content (AvgIpc) is 2.79. The minimum absolute atomic E-state index is 0.241. The first-order chi connectivity index (χ1) is 8.55. The van der Waals surface area contributed by atoms with Crippen LogP contribution < -0.4 is 5.32 Å². The van der Waals surface area contributed by atoms with E-state index in [1.807, 2.05) is 0 Å². The summed E-state index contributed by atoms with van der Waals surface area (Å²) in [7, 11) is 0. The van der Waals surface area contributed by atoms with Gasteiger partial charge in [-0.2, -0.15) is 16.2 Å². The molecule has 96 valence electrons. The van der Waals surface area contributed by atoms with Gasteiger partial charge in [0.05, 0.1) is 5.56 Å². The lowest BCUT2D eigenvalue weighted by Gasteiger charge is -2.24. The van der Waals surface area contributed by atoms with E-state index in [0.717, 1.165) is 0 Å². The summed E-state index contributed by atoms with van der Waals surface area (Å²) in [6.07, 6.45) is 1.56. The number of aliphatic carboxylic acids is 1. The summed E-state index contributed by atoms with van der Waals surface area (Å²) in [6.45, 7) is 0. The number of rotatable bonds is 3. The molecule has 0 aromatic carbocycles. The molecule has 0 bridgehead atoms. The molecule has 2 N–H and O–H groups in total. The number of amides is 1. The highest BCUT2D eigenvalue weighted by Crippen LogP contribution is 2.28. The maximum Gasteiger partial charge on any atom is 0.330 e. The van der Waals surface area contributed by atoms with Gasteiger partial charge in [-0.25, -0.2) is 9.78 Å². The fourth-order valence-electron chi connectivity index (χ4n) is 1.73. The van der Waals surface area contributed by atoms with E-state index < -0.39 is 23.4 Å². The van der Waals surface area contributed by atoms with E-state index in [1.54, 1.807) is 0 Å². The zero-order valence-electron chi connectivity index (χ0n) is 9.35. The summed E-state index contributed by atoms with van der Waals surface area (Å²) in [6, 6.07) is 2.70. The van der Waals surface area contributed by atoms with Gasteiger partial charge in [-0.1, -0.05) is 0 Å². The Balaban J connectivity index is 2.21. The van der Waals surface area contributed by atoms with E-state index in [1.165, 1.54) is 30.1 Å². The summed E-state index contributed by atoms with van der Waals surface area (Å²) < 4.78 is 13.3. The predicted octanol–water partition coefficient (Wildman–Crippen LogP) is 0.911. The third-order valence-electron chi connectivity index (χ3n) is 2.79. The van der Waals surface area contributed by atoms with Crippen LogP contribution in [0.15, 0.2) is 18.3 Å². The Morgan fingerprint density at radius 1 is 1.56 bits per heavy atom. The van der Waals surface area contributed by atoms with Crippen molar-refractivity contribution in [1.82, 2.24) is 10.3 Å². The number of nitrogens with one attached hydrogen (secondary N) is 1. The molecule has 0 spiro atoms. The number of pyridine rings is 1. The number of hydrogen-bond donors (Lipinski definition) is 2. The molecule has 1 fully saturated rings. The molecule has 1 saturated heterocycles. The Kier molecular flexibility index (Phi) is 3.51. The van der Waals surface area contributed by atoms with Crippen molar-refractivity contribution < 1.29 is 19.1 Å². The van der Waals surface area contributed by atoms with Crippen molar-refractivity contribution in [2.24, 2.45) is 0 Å². The fourth-order valence-corrected chi connectivity index (χ4v) is 3.05. The summed E-state index contributed by atoms with van der Waals surface area (Å²) in [5.41, 5.74) is -1.54. The zero-order valence-corrected chi connectivity index (χ0v) is 10.2. The minimum atomic E-state index is -1.30. The predicted molar refractivity (Wildman–Crippen MR) is 64.0 cm³/mol. The van der Waals surface area contributed by atoms with Crippen molar-refractivity contribution >= 4 is 23.6 Å². The average molecular weight is 270 g/mol. The lowest BCUT2D eigenvalue weighted by molar-refractivity contribution is -0.143. The Labute approximate surface area is 107 Å². The second kappa shape index (κ2) is 4.93. The number of halogens is 1. The van der Waals surface area contributed by atoms with E-state index in [9.17, 15) is 19.1 Å². The molecule has 1 amide bonds. The van der Waals surface area contributed by atoms with Crippen molar-refractivity contribution in [1.29, 1.82) is 0 Å². The third-order valence-corrected chi connectivity index (χ3v) is 3.98. The lowest BCUT2D eigenvalue weighted by atomic mass is 9.98. The van der Waals surface area contributed by atoms with Crippen molar-refractivity contribution in [3.63, 3.8) is 0 Å². The number of thioether (sulfide) groups is 1. The Morgan fingerprint density at radius 3 is 2.89 bits per heavy atom. The van der Waals surface area contributed by atoms with Crippen LogP contribution in [-0.2, 0) is 4.79 Å². The fraction of sp³-hybridized carbons (Fsp3) is 0.364. The van der Waals surface area contributed by atoms with Crippen LogP contribution >= 0.6 is 11.8 Å². The van der Waals surface area contributed by atoms with Crippen molar-refractivity contribution in [2.75, 3.05) is 11.5 Å². The van der Waals surface area contributed by atoms with Gasteiger partial charge in [0, 0.05) is 11.9 Å². The van der Waals surface area contributed by atoms with Gasteiger partial charge in [-0.05, 0) is 24.3 Å². The summed E-state index contributed by atoms with van der Waals surface area (Å²) >= 11 is 1.45. The van der Waals surface area contributed by atoms with Gasteiger partial charge >= 0.3 is 5.97 Å². The highest BCUT2D eigenvalue weighted by atomic mass is 32.2. The molecule has 1 unspecified atom stereocenters. The maximum atomic E-state index is 13.3. The van der Waals surface area contributed by atoms with Crippen molar-refractivity contribution in [2.45, 2.75) is 12.0 Å². The highest BCUT2D eigenvalue weighted by Gasteiger charge is 2.43. The number of nitrogens with zero attached hydrogens (tertiary/aromatic N) is 1. The van der Waals surface area contributed by atoms with Crippen LogP contribution in [0, 0.1) is 5.95 Å². The monoisotopic (exact) mass is 270 g/mol. The maximum absolute atomic E-state index is 13.3. The van der Waals surface area contributed by atoms with E-state index in [-0.39, 0.29) is 11.3 Å². The van der Waals surface area contributed by atoms with Gasteiger partial charge in [-0.15, -0.1) is 0 Å². The first kappa shape index (κ1) is 12.8. The van der Waals surface area contributed by atoms with Gasteiger partial charge in [0.25, 0.3) is 5.91 Å². The van der Waals surface area contributed by atoms with Gasteiger partial charge in [0.15, 0.2) is 0 Å². The SMILES string of the molecule is O=C(NC1(C(=O)O)CCSC1)c1cccnc1F. The van der Waals surface area contributed by atoms with E-state index in [4.69, 9.17) is 0 Å². The van der Waals surface area contributed by atoms with Crippen LogP contribution in [-0.4, -0.2) is 39.0 Å². The Bertz CT molecular complexity index is 489. The van der Waals surface area contributed by atoms with Crippen LogP contribution in [0.4, 0.5) is 4.39 Å². The molecule has 0 radical (unpaired) electrons. The third kappa shape index (κ3) is 2.31. The quantitative estimate of drug-likeness (QED) is 0.798. The smallest absolute Gasteiger partial charge is 0.330 e. The van der Waals surface area contributed by atoms with Crippen LogP contribution in [0.2, 0.25) is 0 Å². The highest BCUT2D eigenvalue weighted by molar-refractivity contribution is 7.99. The van der Waals surface area contributed by atoms with Crippen LogP contribution in [0.25, 0.3) is 0 Å². The normalized spacial score (nSPS) is 22.7. The summed E-state index contributed by atoms with van der Waals surface area (Å²) in [5.74, 6) is -1.80. The van der Waals surface area contributed by atoms with Gasteiger partial charge < -0.3 is 10.4 Å². The molecule has 1 aliphatic heterocycles. The number of hydrogen-bond acceptors (Lipinski definition) is 4. The second-order valence-electron chi connectivity index (χ2n) is 3.99. The van der Waals surface area contributed by atoms with Crippen LogP contribution in [0.1, 0.15) is 16.8 Å². The molecule has 2 rings (SSSR count). The van der Waals surface area contributed by atoms with Gasteiger partial charge in [-0.3, -0.25) is 4.79 Å². The standard InChI is InChI=1S/C11H11FN2O3S/c12-8-7(2-1-4-13-8)9(15)14-11(10(16)17)3-5-18-6-11/h1-2,4H,3,5-6H2,(H,14,15)(H,16,17).